The minimum Gasteiger partial charge on any atom is -0.166 e. The molecule has 0 aliphatic heterocycles. The predicted octanol–water partition coefficient (Wildman–Crippen LogP) is 7.02. The fraction of sp³-hybridized carbons (Fsp3) is 0.0833. The molecule has 0 nitrogen and oxygen atoms in total. The molecular weight excluding hydrogens is 345 g/mol. The van der Waals surface area contributed by atoms with Crippen molar-refractivity contribution < 1.29 is 13.2 Å². The average molecular weight is 360 g/mol. The molecule has 0 heterocycles. The van der Waals surface area contributed by atoms with Crippen LogP contribution >= 0.6 is 0 Å². The number of alkyl halides is 3. The standard InChI is InChI=1S/C24H15F3/c25-24(26,27)17-11-13-19-20-12-10-15-6-4-5-9-18(15)23(20)22(21(19)14-17)16-7-2-1-3-8-16/h1-14,22H. The molecule has 4 aromatic rings. The molecule has 0 saturated carbocycles. The van der Waals surface area contributed by atoms with Gasteiger partial charge in [0, 0.05) is 5.92 Å². The van der Waals surface area contributed by atoms with Gasteiger partial charge in [-0.05, 0) is 50.7 Å². The van der Waals surface area contributed by atoms with E-state index in [0.717, 1.165) is 38.6 Å². The van der Waals surface area contributed by atoms with E-state index in [1.54, 1.807) is 6.07 Å². The van der Waals surface area contributed by atoms with E-state index in [9.17, 15) is 13.2 Å². The first-order chi connectivity index (χ1) is 13.0. The van der Waals surface area contributed by atoms with Gasteiger partial charge in [-0.2, -0.15) is 13.2 Å². The van der Waals surface area contributed by atoms with E-state index in [-0.39, 0.29) is 5.92 Å². The zero-order valence-corrected chi connectivity index (χ0v) is 14.3. The second-order valence-electron chi connectivity index (χ2n) is 6.89. The average Bonchev–Trinajstić information content (AvgIpc) is 3.02. The number of hydrogen-bond acceptors (Lipinski definition) is 0. The van der Waals surface area contributed by atoms with Gasteiger partial charge in [0.1, 0.15) is 0 Å². The van der Waals surface area contributed by atoms with Gasteiger partial charge in [0.05, 0.1) is 5.56 Å². The number of fused-ring (bicyclic) bond motifs is 5. The Morgan fingerprint density at radius 3 is 2.15 bits per heavy atom. The Labute approximate surface area is 154 Å². The number of hydrogen-bond donors (Lipinski definition) is 0. The van der Waals surface area contributed by atoms with Crippen LogP contribution in [-0.2, 0) is 6.18 Å². The fourth-order valence-corrected chi connectivity index (χ4v) is 4.21. The zero-order valence-electron chi connectivity index (χ0n) is 14.3. The lowest BCUT2D eigenvalue weighted by atomic mass is 9.86. The summed E-state index contributed by atoms with van der Waals surface area (Å²) in [6.45, 7) is 0. The Kier molecular flexibility index (Phi) is 3.41. The van der Waals surface area contributed by atoms with Crippen molar-refractivity contribution in [2.24, 2.45) is 0 Å². The van der Waals surface area contributed by atoms with Crippen molar-refractivity contribution in [3.8, 4) is 11.1 Å². The molecule has 0 fully saturated rings. The molecule has 0 spiro atoms. The van der Waals surface area contributed by atoms with Crippen LogP contribution in [-0.4, -0.2) is 0 Å². The Balaban J connectivity index is 1.86. The topological polar surface area (TPSA) is 0 Å². The molecule has 0 bridgehead atoms. The first kappa shape index (κ1) is 16.1. The summed E-state index contributed by atoms with van der Waals surface area (Å²) in [7, 11) is 0. The molecule has 3 heteroatoms. The normalized spacial score (nSPS) is 15.6. The van der Waals surface area contributed by atoms with E-state index in [2.05, 4.69) is 6.07 Å². The molecule has 1 atom stereocenters. The Morgan fingerprint density at radius 2 is 1.37 bits per heavy atom. The van der Waals surface area contributed by atoms with Gasteiger partial charge in [0.15, 0.2) is 0 Å². The second kappa shape index (κ2) is 5.71. The highest BCUT2D eigenvalue weighted by molar-refractivity contribution is 5.97. The van der Waals surface area contributed by atoms with E-state index < -0.39 is 11.7 Å². The summed E-state index contributed by atoms with van der Waals surface area (Å²) in [6.07, 6.45) is -4.35. The van der Waals surface area contributed by atoms with Gasteiger partial charge in [0.25, 0.3) is 0 Å². The molecule has 0 aromatic heterocycles. The minimum atomic E-state index is -4.35. The summed E-state index contributed by atoms with van der Waals surface area (Å²) in [6, 6.07) is 26.1. The minimum absolute atomic E-state index is 0.204. The van der Waals surface area contributed by atoms with E-state index in [1.807, 2.05) is 60.7 Å². The van der Waals surface area contributed by atoms with Crippen LogP contribution in [0.15, 0.2) is 84.9 Å². The van der Waals surface area contributed by atoms with Crippen LogP contribution in [0.1, 0.15) is 28.2 Å². The van der Waals surface area contributed by atoms with Crippen molar-refractivity contribution in [2.75, 3.05) is 0 Å². The molecule has 0 saturated heterocycles. The third-order valence-electron chi connectivity index (χ3n) is 5.37. The van der Waals surface area contributed by atoms with Crippen LogP contribution in [0.25, 0.3) is 21.9 Å². The van der Waals surface area contributed by atoms with Gasteiger partial charge in [-0.25, -0.2) is 0 Å². The lowest BCUT2D eigenvalue weighted by Crippen LogP contribution is -2.07. The first-order valence-corrected chi connectivity index (χ1v) is 8.82. The molecule has 1 aliphatic carbocycles. The highest BCUT2D eigenvalue weighted by Crippen LogP contribution is 2.51. The van der Waals surface area contributed by atoms with E-state index in [1.165, 1.54) is 12.1 Å². The van der Waals surface area contributed by atoms with E-state index in [0.29, 0.717) is 0 Å². The van der Waals surface area contributed by atoms with Crippen molar-refractivity contribution in [3.05, 3.63) is 107 Å². The smallest absolute Gasteiger partial charge is 0.166 e. The molecule has 1 unspecified atom stereocenters. The van der Waals surface area contributed by atoms with Gasteiger partial charge >= 0.3 is 6.18 Å². The van der Waals surface area contributed by atoms with E-state index >= 15 is 0 Å². The molecule has 4 aromatic carbocycles. The summed E-state index contributed by atoms with van der Waals surface area (Å²) in [5.74, 6) is -0.204. The molecule has 27 heavy (non-hydrogen) atoms. The fourth-order valence-electron chi connectivity index (χ4n) is 4.21. The Hall–Kier alpha value is -3.07. The monoisotopic (exact) mass is 360 g/mol. The van der Waals surface area contributed by atoms with Gasteiger partial charge in [0.2, 0.25) is 0 Å². The quantitative estimate of drug-likeness (QED) is 0.301. The summed E-state index contributed by atoms with van der Waals surface area (Å²) in [5, 5.41) is 2.19. The number of rotatable bonds is 1. The maximum atomic E-state index is 13.4. The molecule has 1 aliphatic rings. The Bertz CT molecular complexity index is 1160. The second-order valence-corrected chi connectivity index (χ2v) is 6.89. The summed E-state index contributed by atoms with van der Waals surface area (Å²) in [4.78, 5) is 0. The molecule has 0 amide bonds. The summed E-state index contributed by atoms with van der Waals surface area (Å²) in [5.41, 5.74) is 4.13. The van der Waals surface area contributed by atoms with Gasteiger partial charge in [-0.3, -0.25) is 0 Å². The van der Waals surface area contributed by atoms with Crippen LogP contribution in [0.3, 0.4) is 0 Å². The number of halogens is 3. The van der Waals surface area contributed by atoms with Crippen molar-refractivity contribution in [1.82, 2.24) is 0 Å². The van der Waals surface area contributed by atoms with Crippen molar-refractivity contribution in [3.63, 3.8) is 0 Å². The van der Waals surface area contributed by atoms with Gasteiger partial charge in [-0.15, -0.1) is 0 Å². The number of benzene rings is 4. The lowest BCUT2D eigenvalue weighted by Gasteiger charge is -2.17. The highest BCUT2D eigenvalue weighted by atomic mass is 19.4. The van der Waals surface area contributed by atoms with Crippen LogP contribution in [0.4, 0.5) is 13.2 Å². The first-order valence-electron chi connectivity index (χ1n) is 8.82. The molecular formula is C24H15F3. The summed E-state index contributed by atoms with van der Waals surface area (Å²) >= 11 is 0. The zero-order chi connectivity index (χ0) is 18.6. The SMILES string of the molecule is FC(F)(F)c1ccc2c(c1)C(c1ccccc1)c1c-2ccc2ccccc12. The Morgan fingerprint density at radius 1 is 0.667 bits per heavy atom. The van der Waals surface area contributed by atoms with Crippen molar-refractivity contribution in [2.45, 2.75) is 12.1 Å². The van der Waals surface area contributed by atoms with Gasteiger partial charge in [-0.1, -0.05) is 72.8 Å². The van der Waals surface area contributed by atoms with Crippen LogP contribution < -0.4 is 0 Å². The third kappa shape index (κ3) is 2.46. The largest absolute Gasteiger partial charge is 0.416 e. The molecule has 5 rings (SSSR count). The summed E-state index contributed by atoms with van der Waals surface area (Å²) < 4.78 is 40.1. The molecule has 132 valence electrons. The highest BCUT2D eigenvalue weighted by Gasteiger charge is 2.36. The van der Waals surface area contributed by atoms with Crippen molar-refractivity contribution in [1.29, 1.82) is 0 Å². The maximum Gasteiger partial charge on any atom is 0.416 e. The van der Waals surface area contributed by atoms with Crippen LogP contribution in [0.2, 0.25) is 0 Å². The van der Waals surface area contributed by atoms with E-state index in [4.69, 9.17) is 0 Å². The molecule has 0 N–H and O–H groups in total. The third-order valence-corrected chi connectivity index (χ3v) is 5.37. The predicted molar refractivity (Wildman–Crippen MR) is 102 cm³/mol. The maximum absolute atomic E-state index is 13.4. The van der Waals surface area contributed by atoms with Crippen LogP contribution in [0, 0.1) is 0 Å². The lowest BCUT2D eigenvalue weighted by molar-refractivity contribution is -0.137. The van der Waals surface area contributed by atoms with Gasteiger partial charge < -0.3 is 0 Å². The van der Waals surface area contributed by atoms with Crippen molar-refractivity contribution >= 4 is 10.8 Å². The molecule has 0 radical (unpaired) electrons. The van der Waals surface area contributed by atoms with Crippen LogP contribution in [0.5, 0.6) is 0 Å².